The summed E-state index contributed by atoms with van der Waals surface area (Å²) in [6.45, 7) is 7.96. The molecule has 0 radical (unpaired) electrons. The molecule has 1 aromatic carbocycles. The van der Waals surface area contributed by atoms with Crippen molar-refractivity contribution in [1.29, 1.82) is 0 Å². The fourth-order valence-electron chi connectivity index (χ4n) is 2.18. The van der Waals surface area contributed by atoms with Gasteiger partial charge in [0.05, 0.1) is 6.17 Å². The molecule has 1 atom stereocenters. The maximum absolute atomic E-state index is 12.4. The largest absolute Gasteiger partial charge is 0.573 e. The Hall–Kier alpha value is -1.96. The summed E-state index contributed by atoms with van der Waals surface area (Å²) < 4.78 is 46.3. The molecule has 0 saturated heterocycles. The molecule has 0 aliphatic heterocycles. The normalized spacial score (nSPS) is 13.2. The smallest absolute Gasteiger partial charge is 0.444 e. The lowest BCUT2D eigenvalue weighted by Gasteiger charge is -2.24. The molecule has 0 aromatic heterocycles. The number of hydrogen-bond acceptors (Lipinski definition) is 4. The summed E-state index contributed by atoms with van der Waals surface area (Å²) in [5, 5.41) is 5.89. The van der Waals surface area contributed by atoms with Gasteiger partial charge in [0, 0.05) is 6.42 Å². The first-order valence-corrected chi connectivity index (χ1v) is 8.56. The van der Waals surface area contributed by atoms with Crippen molar-refractivity contribution in [3.8, 4) is 5.75 Å². The molecule has 0 spiro atoms. The third kappa shape index (κ3) is 10.1. The van der Waals surface area contributed by atoms with E-state index in [0.717, 1.165) is 12.8 Å². The summed E-state index contributed by atoms with van der Waals surface area (Å²) in [4.78, 5) is 12.0. The molecule has 5 nitrogen and oxygen atoms in total. The van der Waals surface area contributed by atoms with Gasteiger partial charge >= 0.3 is 12.5 Å². The van der Waals surface area contributed by atoms with Crippen molar-refractivity contribution in [2.24, 2.45) is 0 Å². The van der Waals surface area contributed by atoms with Crippen molar-refractivity contribution in [1.82, 2.24) is 10.6 Å². The van der Waals surface area contributed by atoms with Crippen LogP contribution in [0.4, 0.5) is 18.0 Å². The Kier molecular flexibility index (Phi) is 8.20. The Morgan fingerprint density at radius 1 is 1.23 bits per heavy atom. The van der Waals surface area contributed by atoms with Crippen molar-refractivity contribution in [2.75, 3.05) is 6.54 Å². The first kappa shape index (κ1) is 22.1. The second kappa shape index (κ2) is 9.66. The number of hydrogen-bond donors (Lipinski definition) is 2. The highest BCUT2D eigenvalue weighted by atomic mass is 19.4. The number of amides is 1. The number of ether oxygens (including phenoxy) is 2. The van der Waals surface area contributed by atoms with Crippen LogP contribution in [0.2, 0.25) is 0 Å². The zero-order chi connectivity index (χ0) is 19.8. The van der Waals surface area contributed by atoms with Crippen molar-refractivity contribution in [3.05, 3.63) is 29.8 Å². The van der Waals surface area contributed by atoms with Gasteiger partial charge in [-0.25, -0.2) is 4.79 Å². The molecular formula is C18H27F3N2O3. The average Bonchev–Trinajstić information content (AvgIpc) is 2.43. The van der Waals surface area contributed by atoms with Crippen LogP contribution >= 0.6 is 0 Å². The fraction of sp³-hybridized carbons (Fsp3) is 0.611. The first-order chi connectivity index (χ1) is 12.0. The fourth-order valence-corrected chi connectivity index (χ4v) is 2.18. The van der Waals surface area contributed by atoms with Gasteiger partial charge in [0.15, 0.2) is 0 Å². The second-order valence-electron chi connectivity index (χ2n) is 6.91. The molecule has 0 fully saturated rings. The van der Waals surface area contributed by atoms with E-state index >= 15 is 0 Å². The Labute approximate surface area is 152 Å². The maximum atomic E-state index is 12.4. The Balaban J connectivity index is 2.78. The number of rotatable bonds is 8. The molecular weight excluding hydrogens is 349 g/mol. The number of alkyl carbamates (subject to hydrolysis) is 1. The molecule has 1 rings (SSSR count). The quantitative estimate of drug-likeness (QED) is 0.523. The van der Waals surface area contributed by atoms with E-state index in [9.17, 15) is 18.0 Å². The minimum absolute atomic E-state index is 0.290. The Morgan fingerprint density at radius 3 is 2.50 bits per heavy atom. The highest BCUT2D eigenvalue weighted by Crippen LogP contribution is 2.23. The SMILES string of the molecule is CCCCN[C@@H](Cc1cccc(OC(F)(F)F)c1)NC(=O)OC(C)(C)C. The zero-order valence-electron chi connectivity index (χ0n) is 15.6. The molecule has 0 aliphatic rings. The molecule has 0 heterocycles. The van der Waals surface area contributed by atoms with E-state index in [1.54, 1.807) is 26.8 Å². The zero-order valence-corrected chi connectivity index (χ0v) is 15.6. The monoisotopic (exact) mass is 376 g/mol. The summed E-state index contributed by atoms with van der Waals surface area (Å²) in [7, 11) is 0. The van der Waals surface area contributed by atoms with Gasteiger partial charge in [-0.05, 0) is 51.4 Å². The number of carbonyl (C=O) groups excluding carboxylic acids is 1. The van der Waals surface area contributed by atoms with Gasteiger partial charge < -0.3 is 14.8 Å². The van der Waals surface area contributed by atoms with Gasteiger partial charge in [-0.1, -0.05) is 25.5 Å². The van der Waals surface area contributed by atoms with Crippen molar-refractivity contribution in [2.45, 2.75) is 65.1 Å². The number of alkyl halides is 3. The summed E-state index contributed by atoms with van der Waals surface area (Å²) >= 11 is 0. The van der Waals surface area contributed by atoms with Crippen LogP contribution in [0, 0.1) is 0 Å². The molecule has 0 aliphatic carbocycles. The van der Waals surface area contributed by atoms with Crippen LogP contribution < -0.4 is 15.4 Å². The van der Waals surface area contributed by atoms with E-state index in [0.29, 0.717) is 12.1 Å². The number of unbranched alkanes of at least 4 members (excludes halogenated alkanes) is 1. The van der Waals surface area contributed by atoms with Crippen molar-refractivity contribution >= 4 is 6.09 Å². The van der Waals surface area contributed by atoms with E-state index in [2.05, 4.69) is 15.4 Å². The number of benzene rings is 1. The predicted octanol–water partition coefficient (Wildman–Crippen LogP) is 4.37. The highest BCUT2D eigenvalue weighted by Gasteiger charge is 2.31. The van der Waals surface area contributed by atoms with Gasteiger partial charge in [-0.2, -0.15) is 0 Å². The minimum atomic E-state index is -4.74. The molecule has 1 aromatic rings. The van der Waals surface area contributed by atoms with Crippen LogP contribution in [-0.4, -0.2) is 30.8 Å². The predicted molar refractivity (Wildman–Crippen MR) is 92.9 cm³/mol. The van der Waals surface area contributed by atoms with Gasteiger partial charge in [0.2, 0.25) is 0 Å². The molecule has 1 amide bonds. The van der Waals surface area contributed by atoms with Gasteiger partial charge in [-0.3, -0.25) is 5.32 Å². The molecule has 0 saturated carbocycles. The topological polar surface area (TPSA) is 59.6 Å². The molecule has 26 heavy (non-hydrogen) atoms. The average molecular weight is 376 g/mol. The minimum Gasteiger partial charge on any atom is -0.444 e. The van der Waals surface area contributed by atoms with Gasteiger partial charge in [-0.15, -0.1) is 13.2 Å². The van der Waals surface area contributed by atoms with E-state index in [1.807, 2.05) is 6.92 Å². The number of halogens is 3. The van der Waals surface area contributed by atoms with E-state index in [4.69, 9.17) is 4.74 Å². The lowest BCUT2D eigenvalue weighted by molar-refractivity contribution is -0.274. The van der Waals surface area contributed by atoms with E-state index in [-0.39, 0.29) is 12.2 Å². The third-order valence-electron chi connectivity index (χ3n) is 3.18. The second-order valence-corrected chi connectivity index (χ2v) is 6.91. The van der Waals surface area contributed by atoms with Crippen LogP contribution in [0.5, 0.6) is 5.75 Å². The lowest BCUT2D eigenvalue weighted by atomic mass is 10.1. The summed E-state index contributed by atoms with van der Waals surface area (Å²) in [5.41, 5.74) is -0.0461. The number of nitrogens with one attached hydrogen (secondary N) is 2. The lowest BCUT2D eigenvalue weighted by Crippen LogP contribution is -2.48. The summed E-state index contributed by atoms with van der Waals surface area (Å²) in [5.74, 6) is -0.292. The summed E-state index contributed by atoms with van der Waals surface area (Å²) in [6.07, 6.45) is -3.64. The maximum Gasteiger partial charge on any atom is 0.573 e. The van der Waals surface area contributed by atoms with Crippen LogP contribution in [0.1, 0.15) is 46.1 Å². The van der Waals surface area contributed by atoms with E-state index in [1.165, 1.54) is 18.2 Å². The van der Waals surface area contributed by atoms with E-state index < -0.39 is 24.2 Å². The van der Waals surface area contributed by atoms with Gasteiger partial charge in [0.1, 0.15) is 11.4 Å². The Bertz CT molecular complexity index is 572. The van der Waals surface area contributed by atoms with Crippen molar-refractivity contribution < 1.29 is 27.4 Å². The molecule has 0 unspecified atom stereocenters. The molecule has 0 bridgehead atoms. The summed E-state index contributed by atoms with van der Waals surface area (Å²) in [6, 6.07) is 5.69. The Morgan fingerprint density at radius 2 is 1.92 bits per heavy atom. The number of carbonyl (C=O) groups is 1. The van der Waals surface area contributed by atoms with Gasteiger partial charge in [0.25, 0.3) is 0 Å². The van der Waals surface area contributed by atoms with Crippen LogP contribution in [0.15, 0.2) is 24.3 Å². The first-order valence-electron chi connectivity index (χ1n) is 8.56. The van der Waals surface area contributed by atoms with Crippen molar-refractivity contribution in [3.63, 3.8) is 0 Å². The van der Waals surface area contributed by atoms with Crippen LogP contribution in [-0.2, 0) is 11.2 Å². The molecule has 8 heteroatoms. The third-order valence-corrected chi connectivity index (χ3v) is 3.18. The highest BCUT2D eigenvalue weighted by molar-refractivity contribution is 5.68. The standard InChI is InChI=1S/C18H27F3N2O3/c1-5-6-10-22-15(23-16(24)26-17(2,3)4)12-13-8-7-9-14(11-13)25-18(19,20)21/h7-9,11,15,22H,5-6,10,12H2,1-4H3,(H,23,24)/t15-/m1/s1. The van der Waals surface area contributed by atoms with Crippen LogP contribution in [0.25, 0.3) is 0 Å². The molecule has 148 valence electrons. The molecule has 2 N–H and O–H groups in total. The van der Waals surface area contributed by atoms with Crippen LogP contribution in [0.3, 0.4) is 0 Å².